The molecule has 0 radical (unpaired) electrons. The van der Waals surface area contributed by atoms with E-state index in [4.69, 9.17) is 0 Å². The summed E-state index contributed by atoms with van der Waals surface area (Å²) >= 11 is 0. The highest BCUT2D eigenvalue weighted by Gasteiger charge is 2.23. The van der Waals surface area contributed by atoms with Crippen molar-refractivity contribution in [2.45, 2.75) is 58.0 Å². The van der Waals surface area contributed by atoms with Crippen molar-refractivity contribution in [1.82, 2.24) is 24.6 Å². The molecule has 7 heteroatoms. The van der Waals surface area contributed by atoms with Crippen LogP contribution in [0.3, 0.4) is 0 Å². The van der Waals surface area contributed by atoms with Crippen LogP contribution in [0.25, 0.3) is 21.9 Å². The van der Waals surface area contributed by atoms with Gasteiger partial charge in [-0.25, -0.2) is 4.98 Å². The third-order valence-corrected chi connectivity index (χ3v) is 7.49. The van der Waals surface area contributed by atoms with Gasteiger partial charge in [-0.1, -0.05) is 25.0 Å². The molecule has 4 heterocycles. The van der Waals surface area contributed by atoms with Crippen LogP contribution in [0.4, 0.5) is 5.82 Å². The van der Waals surface area contributed by atoms with Crippen molar-refractivity contribution in [1.29, 1.82) is 0 Å². The minimum Gasteiger partial charge on any atom is -0.309 e. The zero-order valence-electron chi connectivity index (χ0n) is 20.5. The number of aromatic nitrogens is 3. The highest BCUT2D eigenvalue weighted by molar-refractivity contribution is 5.96. The van der Waals surface area contributed by atoms with Gasteiger partial charge in [-0.05, 0) is 81.9 Å². The van der Waals surface area contributed by atoms with E-state index in [1.54, 1.807) is 0 Å². The van der Waals surface area contributed by atoms with Crippen molar-refractivity contribution in [2.24, 2.45) is 7.05 Å². The molecule has 1 atom stereocenters. The summed E-state index contributed by atoms with van der Waals surface area (Å²) in [5, 5.41) is 9.75. The zero-order chi connectivity index (χ0) is 23.5. The average Bonchev–Trinajstić information content (AvgIpc) is 3.24. The second-order valence-corrected chi connectivity index (χ2v) is 9.86. The standard InChI is InChI=1S/C27H36N6O/c1-20(33-13-7-4-8-14-33)27(34)30-26-16-23-15-21(9-10-22(23)17-28-26)24-18-29-31(2)25(24)19-32-11-5-3-6-12-32/h9-10,15-18,20H,3-8,11-14,19H2,1-2H3,(H,28,30,34). The number of fused-ring (bicyclic) bond motifs is 1. The van der Waals surface area contributed by atoms with E-state index in [9.17, 15) is 4.79 Å². The molecular weight excluding hydrogens is 424 g/mol. The molecule has 0 bridgehead atoms. The number of hydrogen-bond acceptors (Lipinski definition) is 5. The van der Waals surface area contributed by atoms with Crippen LogP contribution in [0.2, 0.25) is 0 Å². The van der Waals surface area contributed by atoms with E-state index >= 15 is 0 Å². The van der Waals surface area contributed by atoms with Gasteiger partial charge in [-0.15, -0.1) is 0 Å². The molecule has 1 N–H and O–H groups in total. The molecule has 180 valence electrons. The number of rotatable bonds is 6. The first-order valence-corrected chi connectivity index (χ1v) is 12.8. The van der Waals surface area contributed by atoms with Crippen molar-refractivity contribution >= 4 is 22.5 Å². The lowest BCUT2D eigenvalue weighted by Crippen LogP contribution is -2.44. The van der Waals surface area contributed by atoms with Gasteiger partial charge < -0.3 is 5.32 Å². The highest BCUT2D eigenvalue weighted by atomic mass is 16.2. The molecule has 1 unspecified atom stereocenters. The first-order valence-electron chi connectivity index (χ1n) is 12.8. The summed E-state index contributed by atoms with van der Waals surface area (Å²) < 4.78 is 2.01. The van der Waals surface area contributed by atoms with Gasteiger partial charge in [0.05, 0.1) is 17.9 Å². The van der Waals surface area contributed by atoms with E-state index in [-0.39, 0.29) is 11.9 Å². The van der Waals surface area contributed by atoms with Crippen LogP contribution < -0.4 is 5.32 Å². The summed E-state index contributed by atoms with van der Waals surface area (Å²) in [6.45, 7) is 7.23. The van der Waals surface area contributed by atoms with Crippen molar-refractivity contribution in [3.63, 3.8) is 0 Å². The number of piperidine rings is 2. The number of hydrogen-bond donors (Lipinski definition) is 1. The van der Waals surface area contributed by atoms with Crippen molar-refractivity contribution in [2.75, 3.05) is 31.5 Å². The van der Waals surface area contributed by atoms with Crippen LogP contribution in [0.5, 0.6) is 0 Å². The molecule has 2 aromatic heterocycles. The molecule has 3 aromatic rings. The maximum atomic E-state index is 12.9. The fraction of sp³-hybridized carbons (Fsp3) is 0.519. The Kier molecular flexibility index (Phi) is 6.92. The second kappa shape index (κ2) is 10.2. The number of nitrogens with zero attached hydrogens (tertiary/aromatic N) is 5. The lowest BCUT2D eigenvalue weighted by atomic mass is 10.0. The van der Waals surface area contributed by atoms with Crippen LogP contribution in [-0.4, -0.2) is 62.7 Å². The van der Waals surface area contributed by atoms with Crippen LogP contribution in [0.1, 0.15) is 51.1 Å². The molecule has 2 fully saturated rings. The summed E-state index contributed by atoms with van der Waals surface area (Å²) in [5.41, 5.74) is 3.58. The fourth-order valence-corrected chi connectivity index (χ4v) is 5.30. The van der Waals surface area contributed by atoms with Gasteiger partial charge in [-0.2, -0.15) is 5.10 Å². The Morgan fingerprint density at radius 1 is 0.971 bits per heavy atom. The third-order valence-electron chi connectivity index (χ3n) is 7.49. The Labute approximate surface area is 202 Å². The molecule has 2 aliphatic rings. The number of nitrogens with one attached hydrogen (secondary N) is 1. The first-order chi connectivity index (χ1) is 16.6. The average molecular weight is 461 g/mol. The molecule has 0 aliphatic carbocycles. The summed E-state index contributed by atoms with van der Waals surface area (Å²) in [6, 6.07) is 8.30. The van der Waals surface area contributed by atoms with Crippen LogP contribution in [0.15, 0.2) is 36.7 Å². The van der Waals surface area contributed by atoms with E-state index in [1.165, 1.54) is 49.8 Å². The Morgan fingerprint density at radius 3 is 2.47 bits per heavy atom. The van der Waals surface area contributed by atoms with Gasteiger partial charge >= 0.3 is 0 Å². The molecule has 2 aliphatic heterocycles. The Balaban J connectivity index is 1.36. The van der Waals surface area contributed by atoms with Crippen LogP contribution >= 0.6 is 0 Å². The zero-order valence-corrected chi connectivity index (χ0v) is 20.5. The van der Waals surface area contributed by atoms with Crippen LogP contribution in [-0.2, 0) is 18.4 Å². The van der Waals surface area contributed by atoms with E-state index in [2.05, 4.69) is 43.4 Å². The lowest BCUT2D eigenvalue weighted by molar-refractivity contribution is -0.121. The lowest BCUT2D eigenvalue weighted by Gasteiger charge is -2.31. The summed E-state index contributed by atoms with van der Waals surface area (Å²) in [4.78, 5) is 22.2. The molecule has 5 rings (SSSR count). The summed E-state index contributed by atoms with van der Waals surface area (Å²) in [7, 11) is 2.03. The molecule has 0 spiro atoms. The third kappa shape index (κ3) is 5.00. The normalized spacial score (nSPS) is 18.8. The number of carbonyl (C=O) groups is 1. The SMILES string of the molecule is CC(C(=O)Nc1cc2cc(-c3cnn(C)c3CN3CCCCC3)ccc2cn1)N1CCCCC1. The topological polar surface area (TPSA) is 66.3 Å². The number of pyridine rings is 1. The summed E-state index contributed by atoms with van der Waals surface area (Å²) in [5.74, 6) is 0.624. The number of amides is 1. The van der Waals surface area contributed by atoms with Gasteiger partial charge in [0.15, 0.2) is 0 Å². The number of anilines is 1. The molecule has 7 nitrogen and oxygen atoms in total. The van der Waals surface area contributed by atoms with E-state index in [0.717, 1.165) is 49.1 Å². The van der Waals surface area contributed by atoms with Gasteiger partial charge in [0.2, 0.25) is 5.91 Å². The molecule has 0 saturated carbocycles. The molecule has 1 aromatic carbocycles. The van der Waals surface area contributed by atoms with E-state index in [0.29, 0.717) is 5.82 Å². The largest absolute Gasteiger partial charge is 0.309 e. The number of aryl methyl sites for hydroxylation is 1. The fourth-order valence-electron chi connectivity index (χ4n) is 5.30. The Morgan fingerprint density at radius 2 is 1.71 bits per heavy atom. The van der Waals surface area contributed by atoms with E-state index < -0.39 is 0 Å². The minimum absolute atomic E-state index is 0.0148. The smallest absolute Gasteiger partial charge is 0.242 e. The Hall–Kier alpha value is -2.77. The van der Waals surface area contributed by atoms with Crippen molar-refractivity contribution in [3.8, 4) is 11.1 Å². The molecule has 2 saturated heterocycles. The van der Waals surface area contributed by atoms with E-state index in [1.807, 2.05) is 37.1 Å². The number of likely N-dealkylation sites (tertiary alicyclic amines) is 2. The minimum atomic E-state index is -0.142. The maximum Gasteiger partial charge on any atom is 0.242 e. The predicted octanol–water partition coefficient (Wildman–Crippen LogP) is 4.43. The molecule has 34 heavy (non-hydrogen) atoms. The molecular formula is C27H36N6O. The predicted molar refractivity (Wildman–Crippen MR) is 137 cm³/mol. The highest BCUT2D eigenvalue weighted by Crippen LogP contribution is 2.29. The molecule has 1 amide bonds. The maximum absolute atomic E-state index is 12.9. The van der Waals surface area contributed by atoms with Gasteiger partial charge in [0.25, 0.3) is 0 Å². The van der Waals surface area contributed by atoms with Gasteiger partial charge in [0.1, 0.15) is 5.82 Å². The number of carbonyl (C=O) groups excluding carboxylic acids is 1. The summed E-state index contributed by atoms with van der Waals surface area (Å²) in [6.07, 6.45) is 11.3. The van der Waals surface area contributed by atoms with Crippen molar-refractivity contribution in [3.05, 3.63) is 42.4 Å². The van der Waals surface area contributed by atoms with Crippen molar-refractivity contribution < 1.29 is 4.79 Å². The first kappa shape index (κ1) is 23.0. The second-order valence-electron chi connectivity index (χ2n) is 9.86. The quantitative estimate of drug-likeness (QED) is 0.589. The monoisotopic (exact) mass is 460 g/mol. The van der Waals surface area contributed by atoms with Crippen LogP contribution in [0, 0.1) is 0 Å². The number of benzene rings is 1. The van der Waals surface area contributed by atoms with Gasteiger partial charge in [0, 0.05) is 30.7 Å². The Bertz CT molecular complexity index is 1140. The van der Waals surface area contributed by atoms with Gasteiger partial charge in [-0.3, -0.25) is 19.3 Å².